The van der Waals surface area contributed by atoms with Gasteiger partial charge in [-0.25, -0.2) is 4.79 Å². The third kappa shape index (κ3) is 5.96. The molecule has 0 spiro atoms. The second-order valence-corrected chi connectivity index (χ2v) is 8.02. The molecular weight excluding hydrogens is 432 g/mol. The maximum atomic E-state index is 13.0. The Balaban J connectivity index is 2.26. The number of urea groups is 1. The maximum absolute atomic E-state index is 13.0. The molecule has 0 saturated heterocycles. The molecule has 0 aliphatic heterocycles. The van der Waals surface area contributed by atoms with Crippen molar-refractivity contribution in [3.63, 3.8) is 0 Å². The molecule has 0 saturated carbocycles. The number of benzene rings is 2. The lowest BCUT2D eigenvalue weighted by Gasteiger charge is -2.20. The van der Waals surface area contributed by atoms with Gasteiger partial charge in [0.2, 0.25) is 0 Å². The lowest BCUT2D eigenvalue weighted by Crippen LogP contribution is -2.24. The highest BCUT2D eigenvalue weighted by Crippen LogP contribution is 2.48. The summed E-state index contributed by atoms with van der Waals surface area (Å²) < 4.78 is 62.5. The summed E-state index contributed by atoms with van der Waals surface area (Å²) in [6, 6.07) is 8.28. The Labute approximate surface area is 170 Å². The van der Waals surface area contributed by atoms with Crippen LogP contribution in [0.15, 0.2) is 42.5 Å². The third-order valence-electron chi connectivity index (χ3n) is 3.58. The first-order chi connectivity index (χ1) is 13.6. The van der Waals surface area contributed by atoms with Crippen LogP contribution in [0.25, 0.3) is 0 Å². The fraction of sp³-hybridized carbons (Fsp3) is 0.278. The summed E-state index contributed by atoms with van der Waals surface area (Å²) in [7, 11) is -3.69. The first-order valence-electron chi connectivity index (χ1n) is 8.54. The molecule has 158 valence electrons. The monoisotopic (exact) mass is 450 g/mol. The van der Waals surface area contributed by atoms with Crippen LogP contribution in [-0.4, -0.2) is 19.2 Å². The first-order valence-corrected chi connectivity index (χ1v) is 10.5. The molecule has 0 aliphatic rings. The smallest absolute Gasteiger partial charge is 0.308 e. The van der Waals surface area contributed by atoms with Gasteiger partial charge < -0.3 is 19.7 Å². The van der Waals surface area contributed by atoms with E-state index in [9.17, 15) is 22.5 Å². The Morgan fingerprint density at radius 3 is 2.28 bits per heavy atom. The predicted octanol–water partition coefficient (Wildman–Crippen LogP) is 5.89. The molecule has 0 atom stereocenters. The van der Waals surface area contributed by atoms with E-state index in [1.807, 2.05) is 0 Å². The number of amides is 2. The molecular formula is C18H19ClF3N2O4P. The van der Waals surface area contributed by atoms with Gasteiger partial charge in [0.1, 0.15) is 0 Å². The first kappa shape index (κ1) is 23.2. The van der Waals surface area contributed by atoms with E-state index < -0.39 is 30.4 Å². The van der Waals surface area contributed by atoms with E-state index in [4.69, 9.17) is 20.6 Å². The predicted molar refractivity (Wildman–Crippen MR) is 106 cm³/mol. The van der Waals surface area contributed by atoms with Crippen LogP contribution < -0.4 is 15.9 Å². The van der Waals surface area contributed by atoms with E-state index in [0.29, 0.717) is 0 Å². The highest BCUT2D eigenvalue weighted by atomic mass is 35.5. The average molecular weight is 451 g/mol. The number of alkyl halides is 3. The Morgan fingerprint density at radius 1 is 1.07 bits per heavy atom. The van der Waals surface area contributed by atoms with Gasteiger partial charge in [-0.05, 0) is 44.2 Å². The summed E-state index contributed by atoms with van der Waals surface area (Å²) in [6.07, 6.45) is -4.67. The summed E-state index contributed by atoms with van der Waals surface area (Å²) in [4.78, 5) is 12.3. The highest BCUT2D eigenvalue weighted by Gasteiger charge is 2.33. The van der Waals surface area contributed by atoms with Gasteiger partial charge in [0.25, 0.3) is 0 Å². The summed E-state index contributed by atoms with van der Waals surface area (Å²) >= 11 is 5.57. The van der Waals surface area contributed by atoms with Crippen LogP contribution in [0, 0.1) is 0 Å². The van der Waals surface area contributed by atoms with Crippen molar-refractivity contribution < 1.29 is 31.6 Å². The number of halogens is 4. The number of hydrogen-bond donors (Lipinski definition) is 2. The topological polar surface area (TPSA) is 76.7 Å². The zero-order valence-corrected chi connectivity index (χ0v) is 17.2. The molecule has 29 heavy (non-hydrogen) atoms. The number of rotatable bonds is 7. The minimum Gasteiger partial charge on any atom is -0.308 e. The molecule has 0 radical (unpaired) electrons. The molecule has 2 aromatic rings. The Bertz CT molecular complexity index is 914. The molecule has 2 aromatic carbocycles. The minimum absolute atomic E-state index is 0.114. The van der Waals surface area contributed by atoms with Gasteiger partial charge >= 0.3 is 19.8 Å². The van der Waals surface area contributed by atoms with Gasteiger partial charge in [-0.3, -0.25) is 4.57 Å². The number of hydrogen-bond acceptors (Lipinski definition) is 4. The molecule has 2 N–H and O–H groups in total. The van der Waals surface area contributed by atoms with Crippen molar-refractivity contribution in [2.24, 2.45) is 0 Å². The zero-order chi connectivity index (χ0) is 21.7. The van der Waals surface area contributed by atoms with Crippen molar-refractivity contribution in [1.82, 2.24) is 0 Å². The summed E-state index contributed by atoms with van der Waals surface area (Å²) in [6.45, 7) is 3.52. The second kappa shape index (κ2) is 9.63. The van der Waals surface area contributed by atoms with Gasteiger partial charge in [0.05, 0.1) is 34.8 Å². The van der Waals surface area contributed by atoms with E-state index in [1.165, 1.54) is 18.2 Å². The Morgan fingerprint density at radius 2 is 1.69 bits per heavy atom. The molecule has 0 heterocycles. The van der Waals surface area contributed by atoms with Crippen LogP contribution in [0.2, 0.25) is 5.02 Å². The summed E-state index contributed by atoms with van der Waals surface area (Å²) in [5, 5.41) is 4.40. The molecule has 0 unspecified atom stereocenters. The Hall–Kier alpha value is -2.06. The maximum Gasteiger partial charge on any atom is 0.417 e. The Kier molecular flexibility index (Phi) is 7.71. The molecule has 2 amide bonds. The van der Waals surface area contributed by atoms with Crippen molar-refractivity contribution in [1.29, 1.82) is 0 Å². The summed E-state index contributed by atoms with van der Waals surface area (Å²) in [5.41, 5.74) is -1.05. The molecule has 0 aromatic heterocycles. The zero-order valence-electron chi connectivity index (χ0n) is 15.5. The van der Waals surface area contributed by atoms with Crippen LogP contribution in [0.4, 0.5) is 29.3 Å². The summed E-state index contributed by atoms with van der Waals surface area (Å²) in [5.74, 6) is 0. The molecule has 0 aliphatic carbocycles. The quantitative estimate of drug-likeness (QED) is 0.515. The van der Waals surface area contributed by atoms with Crippen LogP contribution in [-0.2, 0) is 19.8 Å². The fourth-order valence-corrected chi connectivity index (χ4v) is 4.39. The van der Waals surface area contributed by atoms with Crippen molar-refractivity contribution in [3.8, 4) is 0 Å². The van der Waals surface area contributed by atoms with Crippen LogP contribution >= 0.6 is 19.2 Å². The van der Waals surface area contributed by atoms with Gasteiger partial charge in [0.15, 0.2) is 0 Å². The number of nitrogens with one attached hydrogen (secondary N) is 2. The number of carbonyl (C=O) groups excluding carboxylic acids is 1. The van der Waals surface area contributed by atoms with Crippen molar-refractivity contribution >= 4 is 41.9 Å². The number of carbonyl (C=O) groups is 1. The van der Waals surface area contributed by atoms with E-state index in [-0.39, 0.29) is 29.9 Å². The van der Waals surface area contributed by atoms with Crippen LogP contribution in [0.3, 0.4) is 0 Å². The lowest BCUT2D eigenvalue weighted by molar-refractivity contribution is -0.137. The van der Waals surface area contributed by atoms with E-state index >= 15 is 0 Å². The van der Waals surface area contributed by atoms with E-state index in [0.717, 1.165) is 12.1 Å². The third-order valence-corrected chi connectivity index (χ3v) is 6.08. The van der Waals surface area contributed by atoms with Gasteiger partial charge in [0, 0.05) is 5.69 Å². The average Bonchev–Trinajstić information content (AvgIpc) is 2.63. The highest BCUT2D eigenvalue weighted by molar-refractivity contribution is 7.62. The van der Waals surface area contributed by atoms with Crippen LogP contribution in [0.5, 0.6) is 0 Å². The molecule has 6 nitrogen and oxygen atoms in total. The molecule has 2 rings (SSSR count). The normalized spacial score (nSPS) is 11.9. The van der Waals surface area contributed by atoms with Crippen molar-refractivity contribution in [2.45, 2.75) is 20.0 Å². The van der Waals surface area contributed by atoms with Crippen molar-refractivity contribution in [3.05, 3.63) is 53.1 Å². The fourth-order valence-electron chi connectivity index (χ4n) is 2.44. The van der Waals surface area contributed by atoms with Crippen molar-refractivity contribution in [2.75, 3.05) is 23.8 Å². The van der Waals surface area contributed by atoms with E-state index in [2.05, 4.69) is 10.6 Å². The van der Waals surface area contributed by atoms with Crippen LogP contribution in [0.1, 0.15) is 19.4 Å². The number of anilines is 2. The van der Waals surface area contributed by atoms with Gasteiger partial charge in [-0.2, -0.15) is 13.2 Å². The molecule has 0 fully saturated rings. The largest absolute Gasteiger partial charge is 0.417 e. The van der Waals surface area contributed by atoms with Gasteiger partial charge in [-0.15, -0.1) is 0 Å². The molecule has 11 heteroatoms. The van der Waals surface area contributed by atoms with E-state index in [1.54, 1.807) is 26.0 Å². The SMILES string of the molecule is CCOP(=O)(OCC)c1ccccc1NC(=O)Nc1ccc(Cl)c(C(F)(F)F)c1. The molecule has 0 bridgehead atoms. The number of para-hydroxylation sites is 1. The lowest BCUT2D eigenvalue weighted by atomic mass is 10.2. The second-order valence-electron chi connectivity index (χ2n) is 5.62. The standard InChI is InChI=1S/C18H19ClF3N2O4P/c1-3-27-29(26,28-4-2)16-8-6-5-7-15(16)24-17(25)23-12-9-10-14(19)13(11-12)18(20,21)22/h5-11H,3-4H2,1-2H3,(H2,23,24,25). The minimum atomic E-state index is -4.67. The van der Waals surface area contributed by atoms with Gasteiger partial charge in [-0.1, -0.05) is 23.7 Å².